The number of anilines is 1. The van der Waals surface area contributed by atoms with Crippen LogP contribution in [0.15, 0.2) is 42.7 Å². The third kappa shape index (κ3) is 2.92. The van der Waals surface area contributed by atoms with Crippen LogP contribution < -0.4 is 5.32 Å². The van der Waals surface area contributed by atoms with Crippen molar-refractivity contribution >= 4 is 17.3 Å². The number of rotatable bonds is 3. The number of nitrogens with zero attached hydrogens (tertiary/aromatic N) is 2. The second-order valence-corrected chi connectivity index (χ2v) is 3.97. The maximum Gasteiger partial charge on any atom is 0.293 e. The first-order valence-corrected chi connectivity index (χ1v) is 5.54. The highest BCUT2D eigenvalue weighted by molar-refractivity contribution is 6.05. The lowest BCUT2D eigenvalue weighted by Crippen LogP contribution is -2.13. The molecule has 0 aliphatic carbocycles. The quantitative estimate of drug-likeness (QED) is 0.676. The molecule has 0 saturated carbocycles. The molecule has 0 aliphatic rings. The van der Waals surface area contributed by atoms with Gasteiger partial charge in [0, 0.05) is 24.0 Å². The van der Waals surface area contributed by atoms with Crippen LogP contribution in [0.3, 0.4) is 0 Å². The van der Waals surface area contributed by atoms with Crippen molar-refractivity contribution in [3.8, 4) is 0 Å². The van der Waals surface area contributed by atoms with E-state index in [-0.39, 0.29) is 11.4 Å². The minimum Gasteiger partial charge on any atom is -0.316 e. The van der Waals surface area contributed by atoms with Gasteiger partial charge in [-0.1, -0.05) is 6.07 Å². The molecule has 0 aliphatic heterocycles. The van der Waals surface area contributed by atoms with Gasteiger partial charge in [0.25, 0.3) is 11.6 Å². The van der Waals surface area contributed by atoms with Crippen LogP contribution in [0.25, 0.3) is 0 Å². The van der Waals surface area contributed by atoms with E-state index in [0.717, 1.165) is 5.56 Å². The minimum absolute atomic E-state index is 0.123. The zero-order valence-corrected chi connectivity index (χ0v) is 10.2. The van der Waals surface area contributed by atoms with E-state index in [1.165, 1.54) is 36.7 Å². The van der Waals surface area contributed by atoms with Crippen LogP contribution in [0, 0.1) is 17.0 Å². The van der Waals surface area contributed by atoms with Crippen molar-refractivity contribution in [2.24, 2.45) is 0 Å². The Hall–Kier alpha value is -2.76. The molecule has 0 radical (unpaired) electrons. The van der Waals surface area contributed by atoms with Gasteiger partial charge in [-0.3, -0.25) is 19.9 Å². The van der Waals surface area contributed by atoms with Gasteiger partial charge in [-0.2, -0.15) is 0 Å². The van der Waals surface area contributed by atoms with Crippen molar-refractivity contribution in [3.63, 3.8) is 0 Å². The third-order valence-corrected chi connectivity index (χ3v) is 2.54. The molecule has 0 spiro atoms. The van der Waals surface area contributed by atoms with Crippen molar-refractivity contribution in [1.29, 1.82) is 0 Å². The van der Waals surface area contributed by atoms with Gasteiger partial charge in [-0.05, 0) is 30.7 Å². The predicted molar refractivity (Wildman–Crippen MR) is 70.0 cm³/mol. The van der Waals surface area contributed by atoms with Crippen LogP contribution in [-0.2, 0) is 0 Å². The summed E-state index contributed by atoms with van der Waals surface area (Å²) in [6.45, 7) is 1.75. The van der Waals surface area contributed by atoms with Gasteiger partial charge >= 0.3 is 0 Å². The fraction of sp³-hybridized carbons (Fsp3) is 0.0769. The summed E-state index contributed by atoms with van der Waals surface area (Å²) >= 11 is 0. The number of benzene rings is 1. The monoisotopic (exact) mass is 257 g/mol. The molecule has 6 nitrogen and oxygen atoms in total. The number of aromatic nitrogens is 1. The van der Waals surface area contributed by atoms with E-state index in [1.807, 2.05) is 0 Å². The van der Waals surface area contributed by atoms with E-state index < -0.39 is 10.8 Å². The van der Waals surface area contributed by atoms with Crippen LogP contribution in [0.2, 0.25) is 0 Å². The van der Waals surface area contributed by atoms with E-state index >= 15 is 0 Å². The van der Waals surface area contributed by atoms with Crippen molar-refractivity contribution < 1.29 is 9.72 Å². The molecule has 1 aromatic carbocycles. The SMILES string of the molecule is Cc1ccc(NC(=O)c2ccncc2)c([N+](=O)[O-])c1. The molecule has 2 aromatic rings. The molecule has 1 N–H and O–H groups in total. The molecule has 19 heavy (non-hydrogen) atoms. The molecule has 1 heterocycles. The third-order valence-electron chi connectivity index (χ3n) is 2.54. The molecular formula is C13H11N3O3. The van der Waals surface area contributed by atoms with Crippen LogP contribution in [0.1, 0.15) is 15.9 Å². The molecule has 1 amide bonds. The van der Waals surface area contributed by atoms with Gasteiger partial charge in [-0.15, -0.1) is 0 Å². The molecular weight excluding hydrogens is 246 g/mol. The zero-order chi connectivity index (χ0) is 13.8. The average molecular weight is 257 g/mol. The summed E-state index contributed by atoms with van der Waals surface area (Å²) in [5.74, 6) is -0.408. The second kappa shape index (κ2) is 5.26. The summed E-state index contributed by atoms with van der Waals surface area (Å²) < 4.78 is 0. The topological polar surface area (TPSA) is 85.1 Å². The van der Waals surface area contributed by atoms with E-state index in [0.29, 0.717) is 5.56 Å². The Labute approximate surface area is 109 Å². The van der Waals surface area contributed by atoms with Gasteiger partial charge in [0.2, 0.25) is 0 Å². The number of carbonyl (C=O) groups is 1. The van der Waals surface area contributed by atoms with Crippen molar-refractivity contribution in [2.45, 2.75) is 6.92 Å². The molecule has 0 atom stereocenters. The molecule has 0 saturated heterocycles. The maximum atomic E-state index is 11.9. The number of hydrogen-bond donors (Lipinski definition) is 1. The Bertz CT molecular complexity index is 626. The van der Waals surface area contributed by atoms with E-state index in [4.69, 9.17) is 0 Å². The maximum absolute atomic E-state index is 11.9. The normalized spacial score (nSPS) is 9.95. The number of carbonyl (C=O) groups excluding carboxylic acids is 1. The number of nitro groups is 1. The first kappa shape index (κ1) is 12.7. The molecule has 1 aromatic heterocycles. The van der Waals surface area contributed by atoms with Gasteiger partial charge in [0.1, 0.15) is 5.69 Å². The number of amides is 1. The van der Waals surface area contributed by atoms with E-state index in [1.54, 1.807) is 13.0 Å². The zero-order valence-electron chi connectivity index (χ0n) is 10.2. The van der Waals surface area contributed by atoms with Crippen molar-refractivity contribution in [2.75, 3.05) is 5.32 Å². The number of nitro benzene ring substituents is 1. The number of pyridine rings is 1. The first-order valence-electron chi connectivity index (χ1n) is 5.54. The standard InChI is InChI=1S/C13H11N3O3/c1-9-2-3-11(12(8-9)16(18)19)15-13(17)10-4-6-14-7-5-10/h2-8H,1H3,(H,15,17). The van der Waals surface area contributed by atoms with E-state index in [9.17, 15) is 14.9 Å². The van der Waals surface area contributed by atoms with Gasteiger partial charge in [0.15, 0.2) is 0 Å². The van der Waals surface area contributed by atoms with Crippen LogP contribution in [0.4, 0.5) is 11.4 Å². The smallest absolute Gasteiger partial charge is 0.293 e. The highest BCUT2D eigenvalue weighted by atomic mass is 16.6. The predicted octanol–water partition coefficient (Wildman–Crippen LogP) is 2.55. The lowest BCUT2D eigenvalue weighted by Gasteiger charge is -2.06. The largest absolute Gasteiger partial charge is 0.316 e. The minimum atomic E-state index is -0.519. The highest BCUT2D eigenvalue weighted by Gasteiger charge is 2.16. The van der Waals surface area contributed by atoms with Crippen LogP contribution >= 0.6 is 0 Å². The number of hydrogen-bond acceptors (Lipinski definition) is 4. The Morgan fingerprint density at radius 2 is 1.95 bits per heavy atom. The summed E-state index contributed by atoms with van der Waals surface area (Å²) in [7, 11) is 0. The molecule has 96 valence electrons. The summed E-state index contributed by atoms with van der Waals surface area (Å²) in [6, 6.07) is 7.72. The van der Waals surface area contributed by atoms with Gasteiger partial charge in [0.05, 0.1) is 4.92 Å². The highest BCUT2D eigenvalue weighted by Crippen LogP contribution is 2.25. The molecule has 0 bridgehead atoms. The summed E-state index contributed by atoms with van der Waals surface area (Å²) in [4.78, 5) is 26.1. The van der Waals surface area contributed by atoms with Gasteiger partial charge in [-0.25, -0.2) is 0 Å². The molecule has 2 rings (SSSR count). The Balaban J connectivity index is 2.29. The summed E-state index contributed by atoms with van der Waals surface area (Å²) in [6.07, 6.45) is 2.97. The second-order valence-electron chi connectivity index (χ2n) is 3.97. The number of aryl methyl sites for hydroxylation is 1. The van der Waals surface area contributed by atoms with E-state index in [2.05, 4.69) is 10.3 Å². The first-order chi connectivity index (χ1) is 9.08. The average Bonchev–Trinajstić information content (AvgIpc) is 2.41. The lowest BCUT2D eigenvalue weighted by atomic mass is 10.2. The molecule has 6 heteroatoms. The number of nitrogens with one attached hydrogen (secondary N) is 1. The molecule has 0 unspecified atom stereocenters. The summed E-state index contributed by atoms with van der Waals surface area (Å²) in [5.41, 5.74) is 1.21. The van der Waals surface area contributed by atoms with Crippen molar-refractivity contribution in [1.82, 2.24) is 4.98 Å². The fourth-order valence-corrected chi connectivity index (χ4v) is 1.60. The van der Waals surface area contributed by atoms with Crippen LogP contribution in [-0.4, -0.2) is 15.8 Å². The Morgan fingerprint density at radius 3 is 2.58 bits per heavy atom. The Morgan fingerprint density at radius 1 is 1.26 bits per heavy atom. The van der Waals surface area contributed by atoms with Gasteiger partial charge < -0.3 is 5.32 Å². The summed E-state index contributed by atoms with van der Waals surface area (Å²) in [5, 5.41) is 13.5. The van der Waals surface area contributed by atoms with Crippen LogP contribution in [0.5, 0.6) is 0 Å². The van der Waals surface area contributed by atoms with Crippen molar-refractivity contribution in [3.05, 3.63) is 64.0 Å². The lowest BCUT2D eigenvalue weighted by molar-refractivity contribution is -0.384. The Kier molecular flexibility index (Phi) is 3.51. The molecule has 0 fully saturated rings. The fourth-order valence-electron chi connectivity index (χ4n) is 1.60.